The summed E-state index contributed by atoms with van der Waals surface area (Å²) in [6.07, 6.45) is 0. The molecule has 1 aliphatic heterocycles. The Bertz CT molecular complexity index is 521. The number of aromatic nitrogens is 1. The molecule has 1 fully saturated rings. The Morgan fingerprint density at radius 3 is 2.32 bits per heavy atom. The van der Waals surface area contributed by atoms with Gasteiger partial charge in [-0.05, 0) is 13.8 Å². The van der Waals surface area contributed by atoms with Gasteiger partial charge in [-0.15, -0.1) is 11.3 Å². The molecule has 1 aliphatic rings. The van der Waals surface area contributed by atoms with E-state index < -0.39 is 0 Å². The number of amides is 3. The minimum atomic E-state index is -0.0779. The molecular formula is C14H23N5O2S. The number of rotatable bonds is 4. The Morgan fingerprint density at radius 1 is 1.23 bits per heavy atom. The Kier molecular flexibility index (Phi) is 5.73. The number of nitrogens with two attached hydrogens (primary N) is 1. The lowest BCUT2D eigenvalue weighted by atomic mass is 10.3. The average molecular weight is 325 g/mol. The van der Waals surface area contributed by atoms with Gasteiger partial charge in [-0.2, -0.15) is 0 Å². The number of nitrogens with zero attached hydrogens (tertiary/aromatic N) is 4. The molecule has 0 saturated carbocycles. The molecule has 122 valence electrons. The Balaban J connectivity index is 1.91. The third kappa shape index (κ3) is 3.56. The second-order valence-corrected chi connectivity index (χ2v) is 6.01. The predicted molar refractivity (Wildman–Crippen MR) is 85.8 cm³/mol. The topological polar surface area (TPSA) is 82.8 Å². The van der Waals surface area contributed by atoms with E-state index in [1.54, 1.807) is 15.2 Å². The molecule has 8 heteroatoms. The van der Waals surface area contributed by atoms with Gasteiger partial charge in [0.2, 0.25) is 0 Å². The van der Waals surface area contributed by atoms with Crippen LogP contribution in [0.3, 0.4) is 0 Å². The molecular weight excluding hydrogens is 302 g/mol. The third-order valence-corrected chi connectivity index (χ3v) is 4.69. The van der Waals surface area contributed by atoms with Gasteiger partial charge >= 0.3 is 6.03 Å². The minimum absolute atomic E-state index is 0.0520. The number of hydrogen-bond donors (Lipinski definition) is 1. The zero-order valence-corrected chi connectivity index (χ0v) is 13.9. The maximum absolute atomic E-state index is 12.4. The van der Waals surface area contributed by atoms with Crippen molar-refractivity contribution in [2.45, 2.75) is 20.4 Å². The fraction of sp³-hybridized carbons (Fsp3) is 0.643. The van der Waals surface area contributed by atoms with Crippen LogP contribution in [0.5, 0.6) is 0 Å². The maximum Gasteiger partial charge on any atom is 0.320 e. The van der Waals surface area contributed by atoms with Crippen LogP contribution in [0.15, 0.2) is 5.38 Å². The molecule has 7 nitrogen and oxygen atoms in total. The first-order valence-corrected chi connectivity index (χ1v) is 8.46. The Hall–Kier alpha value is -1.67. The molecule has 0 bridgehead atoms. The van der Waals surface area contributed by atoms with Gasteiger partial charge in [-0.1, -0.05) is 0 Å². The average Bonchev–Trinajstić information content (AvgIpc) is 3.04. The van der Waals surface area contributed by atoms with E-state index in [4.69, 9.17) is 5.73 Å². The van der Waals surface area contributed by atoms with E-state index in [1.165, 1.54) is 11.3 Å². The van der Waals surface area contributed by atoms with Gasteiger partial charge in [0.05, 0.1) is 0 Å². The van der Waals surface area contributed by atoms with E-state index in [0.29, 0.717) is 51.5 Å². The zero-order valence-electron chi connectivity index (χ0n) is 13.1. The zero-order chi connectivity index (χ0) is 16.1. The van der Waals surface area contributed by atoms with Gasteiger partial charge in [0.25, 0.3) is 5.91 Å². The van der Waals surface area contributed by atoms with Crippen molar-refractivity contribution >= 4 is 23.3 Å². The second-order valence-electron chi connectivity index (χ2n) is 5.06. The number of hydrogen-bond acceptors (Lipinski definition) is 5. The lowest BCUT2D eigenvalue weighted by Crippen LogP contribution is -2.54. The summed E-state index contributed by atoms with van der Waals surface area (Å²) in [4.78, 5) is 34.2. The van der Waals surface area contributed by atoms with Gasteiger partial charge in [0.1, 0.15) is 10.7 Å². The number of carbonyl (C=O) groups excluding carboxylic acids is 2. The van der Waals surface area contributed by atoms with E-state index in [-0.39, 0.29) is 11.9 Å². The molecule has 0 radical (unpaired) electrons. The monoisotopic (exact) mass is 325 g/mol. The molecule has 0 aromatic carbocycles. The molecule has 0 unspecified atom stereocenters. The number of urea groups is 1. The quantitative estimate of drug-likeness (QED) is 0.888. The number of piperazine rings is 1. The molecule has 0 aliphatic carbocycles. The first-order chi connectivity index (χ1) is 10.6. The summed E-state index contributed by atoms with van der Waals surface area (Å²) in [5, 5.41) is 2.51. The van der Waals surface area contributed by atoms with Crippen LogP contribution in [0.2, 0.25) is 0 Å². The maximum atomic E-state index is 12.4. The highest BCUT2D eigenvalue weighted by Crippen LogP contribution is 2.13. The molecule has 1 aromatic heterocycles. The van der Waals surface area contributed by atoms with Crippen LogP contribution in [0.1, 0.15) is 29.3 Å². The fourth-order valence-corrected chi connectivity index (χ4v) is 3.11. The summed E-state index contributed by atoms with van der Waals surface area (Å²) in [6, 6.07) is 0.0520. The molecule has 0 spiro atoms. The number of thiazole rings is 1. The molecule has 2 rings (SSSR count). The van der Waals surface area contributed by atoms with Crippen LogP contribution in [-0.2, 0) is 6.54 Å². The van der Waals surface area contributed by atoms with E-state index in [9.17, 15) is 9.59 Å². The van der Waals surface area contributed by atoms with Crippen molar-refractivity contribution in [3.05, 3.63) is 16.1 Å². The van der Waals surface area contributed by atoms with Gasteiger partial charge < -0.3 is 20.4 Å². The SMILES string of the molecule is CCN(CC)C(=O)N1CCN(C(=O)c2csc(CN)n2)CC1. The first kappa shape index (κ1) is 16.7. The summed E-state index contributed by atoms with van der Waals surface area (Å²) >= 11 is 1.40. The van der Waals surface area contributed by atoms with Crippen LogP contribution in [0, 0.1) is 0 Å². The highest BCUT2D eigenvalue weighted by molar-refractivity contribution is 7.09. The standard InChI is InChI=1S/C14H23N5O2S/c1-3-17(4-2)14(21)19-7-5-18(6-8-19)13(20)11-10-22-12(9-15)16-11/h10H,3-9,15H2,1-2H3. The smallest absolute Gasteiger partial charge is 0.320 e. The molecule has 1 aromatic rings. The van der Waals surface area contributed by atoms with Crippen molar-refractivity contribution in [3.8, 4) is 0 Å². The van der Waals surface area contributed by atoms with Crippen molar-refractivity contribution in [1.29, 1.82) is 0 Å². The summed E-state index contributed by atoms with van der Waals surface area (Å²) in [5.41, 5.74) is 5.97. The van der Waals surface area contributed by atoms with Crippen LogP contribution >= 0.6 is 11.3 Å². The molecule has 3 amide bonds. The molecule has 0 atom stereocenters. The normalized spacial score (nSPS) is 15.0. The Labute approximate surface area is 134 Å². The van der Waals surface area contributed by atoms with Gasteiger partial charge in [-0.3, -0.25) is 4.79 Å². The van der Waals surface area contributed by atoms with E-state index >= 15 is 0 Å². The largest absolute Gasteiger partial charge is 0.334 e. The van der Waals surface area contributed by atoms with Gasteiger partial charge in [0, 0.05) is 51.2 Å². The third-order valence-electron chi connectivity index (χ3n) is 3.82. The van der Waals surface area contributed by atoms with Gasteiger partial charge in [0.15, 0.2) is 0 Å². The summed E-state index contributed by atoms with van der Waals surface area (Å²) in [7, 11) is 0. The first-order valence-electron chi connectivity index (χ1n) is 7.58. The molecule has 2 N–H and O–H groups in total. The lowest BCUT2D eigenvalue weighted by Gasteiger charge is -2.36. The summed E-state index contributed by atoms with van der Waals surface area (Å²) in [5.74, 6) is -0.0779. The highest BCUT2D eigenvalue weighted by Gasteiger charge is 2.27. The van der Waals surface area contributed by atoms with Crippen LogP contribution in [-0.4, -0.2) is 70.9 Å². The lowest BCUT2D eigenvalue weighted by molar-refractivity contribution is 0.0636. The van der Waals surface area contributed by atoms with Gasteiger partial charge in [-0.25, -0.2) is 9.78 Å². The molecule has 2 heterocycles. The van der Waals surface area contributed by atoms with Crippen molar-refractivity contribution in [1.82, 2.24) is 19.7 Å². The highest BCUT2D eigenvalue weighted by atomic mass is 32.1. The van der Waals surface area contributed by atoms with Crippen LogP contribution in [0.25, 0.3) is 0 Å². The van der Waals surface area contributed by atoms with Crippen molar-refractivity contribution in [2.75, 3.05) is 39.3 Å². The molecule has 22 heavy (non-hydrogen) atoms. The van der Waals surface area contributed by atoms with E-state index in [0.717, 1.165) is 5.01 Å². The van der Waals surface area contributed by atoms with E-state index in [1.807, 2.05) is 18.7 Å². The summed E-state index contributed by atoms with van der Waals surface area (Å²) < 4.78 is 0. The van der Waals surface area contributed by atoms with E-state index in [2.05, 4.69) is 4.98 Å². The second kappa shape index (κ2) is 7.55. The Morgan fingerprint density at radius 2 is 1.82 bits per heavy atom. The van der Waals surface area contributed by atoms with Crippen molar-refractivity contribution in [2.24, 2.45) is 5.73 Å². The summed E-state index contributed by atoms with van der Waals surface area (Å²) in [6.45, 7) is 7.91. The molecule has 1 saturated heterocycles. The minimum Gasteiger partial charge on any atom is -0.334 e. The van der Waals surface area contributed by atoms with Crippen molar-refractivity contribution in [3.63, 3.8) is 0 Å². The fourth-order valence-electron chi connectivity index (χ4n) is 2.46. The number of carbonyl (C=O) groups is 2. The van der Waals surface area contributed by atoms with Crippen LogP contribution < -0.4 is 5.73 Å². The van der Waals surface area contributed by atoms with Crippen molar-refractivity contribution < 1.29 is 9.59 Å². The van der Waals surface area contributed by atoms with Crippen LogP contribution in [0.4, 0.5) is 4.79 Å². The predicted octanol–water partition coefficient (Wildman–Crippen LogP) is 0.821.